The molecule has 2 aliphatic rings. The Morgan fingerprint density at radius 2 is 1.83 bits per heavy atom. The second-order valence-corrected chi connectivity index (χ2v) is 4.19. The first kappa shape index (κ1) is 8.24. The molecule has 0 spiro atoms. The van der Waals surface area contributed by atoms with Gasteiger partial charge in [0, 0.05) is 12.1 Å². The smallest absolute Gasteiger partial charge is 0.143 e. The molecule has 12 heavy (non-hydrogen) atoms. The summed E-state index contributed by atoms with van der Waals surface area (Å²) in [5.74, 6) is 0.328. The lowest BCUT2D eigenvalue weighted by molar-refractivity contribution is -0.119. The van der Waals surface area contributed by atoms with Crippen molar-refractivity contribution in [3.8, 4) is 0 Å². The molecular weight excluding hydrogens is 150 g/mol. The third-order valence-corrected chi connectivity index (χ3v) is 3.25. The van der Waals surface area contributed by atoms with E-state index in [1.807, 2.05) is 0 Å². The van der Waals surface area contributed by atoms with E-state index in [1.165, 1.54) is 32.1 Å². The van der Waals surface area contributed by atoms with Crippen LogP contribution >= 0.6 is 0 Å². The summed E-state index contributed by atoms with van der Waals surface area (Å²) in [6.07, 6.45) is 6.69. The van der Waals surface area contributed by atoms with Crippen LogP contribution in [-0.4, -0.2) is 29.3 Å². The summed E-state index contributed by atoms with van der Waals surface area (Å²) in [7, 11) is 0. The topological polar surface area (TPSA) is 20.3 Å². The summed E-state index contributed by atoms with van der Waals surface area (Å²) < 4.78 is 0. The highest BCUT2D eigenvalue weighted by molar-refractivity contribution is 5.77. The maximum Gasteiger partial charge on any atom is 0.143 e. The second-order valence-electron chi connectivity index (χ2n) is 4.19. The molecule has 0 N–H and O–H groups in total. The van der Waals surface area contributed by atoms with Crippen molar-refractivity contribution in [2.24, 2.45) is 0 Å². The monoisotopic (exact) mass is 167 g/mol. The number of hydrogen-bond acceptors (Lipinski definition) is 2. The molecule has 2 bridgehead atoms. The van der Waals surface area contributed by atoms with Crippen molar-refractivity contribution in [2.45, 2.75) is 51.1 Å². The minimum atomic E-state index is 0.328. The number of piperidine rings is 1. The number of ketones is 1. The lowest BCUT2D eigenvalue weighted by Crippen LogP contribution is -2.42. The van der Waals surface area contributed by atoms with Crippen LogP contribution in [0.2, 0.25) is 0 Å². The Bertz CT molecular complexity index is 174. The number of rotatable bonds is 2. The molecule has 2 nitrogen and oxygen atoms in total. The largest absolute Gasteiger partial charge is 0.299 e. The van der Waals surface area contributed by atoms with Crippen molar-refractivity contribution in [1.29, 1.82) is 0 Å². The van der Waals surface area contributed by atoms with Gasteiger partial charge in [0.25, 0.3) is 0 Å². The zero-order chi connectivity index (χ0) is 8.55. The molecule has 2 unspecified atom stereocenters. The molecule has 2 heteroatoms. The van der Waals surface area contributed by atoms with Crippen molar-refractivity contribution in [3.05, 3.63) is 0 Å². The molecule has 2 aliphatic heterocycles. The Morgan fingerprint density at radius 3 is 2.33 bits per heavy atom. The third-order valence-electron chi connectivity index (χ3n) is 3.25. The average molecular weight is 167 g/mol. The summed E-state index contributed by atoms with van der Waals surface area (Å²) in [5.41, 5.74) is 0. The summed E-state index contributed by atoms with van der Waals surface area (Å²) in [6.45, 7) is 2.41. The van der Waals surface area contributed by atoms with Crippen molar-refractivity contribution in [2.75, 3.05) is 6.54 Å². The highest BCUT2D eigenvalue weighted by Gasteiger charge is 2.36. The predicted molar refractivity (Wildman–Crippen MR) is 48.0 cm³/mol. The van der Waals surface area contributed by atoms with E-state index in [1.54, 1.807) is 6.92 Å². The van der Waals surface area contributed by atoms with Crippen LogP contribution in [0.4, 0.5) is 0 Å². The van der Waals surface area contributed by atoms with Crippen molar-refractivity contribution in [3.63, 3.8) is 0 Å². The normalized spacial score (nSPS) is 35.4. The van der Waals surface area contributed by atoms with Crippen LogP contribution in [0.1, 0.15) is 39.0 Å². The van der Waals surface area contributed by atoms with Gasteiger partial charge < -0.3 is 0 Å². The van der Waals surface area contributed by atoms with Gasteiger partial charge in [-0.1, -0.05) is 6.42 Å². The summed E-state index contributed by atoms with van der Waals surface area (Å²) >= 11 is 0. The van der Waals surface area contributed by atoms with E-state index in [9.17, 15) is 4.79 Å². The second kappa shape index (κ2) is 3.17. The van der Waals surface area contributed by atoms with E-state index in [4.69, 9.17) is 0 Å². The Hall–Kier alpha value is -0.370. The average Bonchev–Trinajstić information content (AvgIpc) is 2.30. The first-order valence-electron chi connectivity index (χ1n) is 5.02. The molecule has 0 aromatic carbocycles. The van der Waals surface area contributed by atoms with Crippen LogP contribution < -0.4 is 0 Å². The van der Waals surface area contributed by atoms with Gasteiger partial charge in [0.1, 0.15) is 5.78 Å². The molecule has 0 amide bonds. The van der Waals surface area contributed by atoms with Crippen LogP contribution in [-0.2, 0) is 4.79 Å². The quantitative estimate of drug-likeness (QED) is 0.622. The molecule has 0 saturated carbocycles. The van der Waals surface area contributed by atoms with Gasteiger partial charge in [-0.3, -0.25) is 9.69 Å². The number of Topliss-reactive ketones (excluding diaryl/α,β-unsaturated/α-hetero) is 1. The van der Waals surface area contributed by atoms with Crippen LogP contribution in [0.5, 0.6) is 0 Å². The van der Waals surface area contributed by atoms with E-state index in [0.29, 0.717) is 12.3 Å². The zero-order valence-corrected chi connectivity index (χ0v) is 7.75. The summed E-state index contributed by atoms with van der Waals surface area (Å²) in [5, 5.41) is 0. The fourth-order valence-corrected chi connectivity index (χ4v) is 2.74. The maximum atomic E-state index is 11.0. The van der Waals surface area contributed by atoms with E-state index in [2.05, 4.69) is 4.90 Å². The van der Waals surface area contributed by atoms with Crippen LogP contribution in [0.3, 0.4) is 0 Å². The van der Waals surface area contributed by atoms with E-state index < -0.39 is 0 Å². The molecule has 2 atom stereocenters. The highest BCUT2D eigenvalue weighted by atomic mass is 16.1. The first-order valence-corrected chi connectivity index (χ1v) is 5.02. The lowest BCUT2D eigenvalue weighted by Gasteiger charge is -2.33. The van der Waals surface area contributed by atoms with E-state index in [-0.39, 0.29) is 0 Å². The number of hydrogen-bond donors (Lipinski definition) is 0. The van der Waals surface area contributed by atoms with Gasteiger partial charge in [0.05, 0.1) is 6.54 Å². The molecule has 2 saturated heterocycles. The Kier molecular flexibility index (Phi) is 2.18. The molecule has 0 aromatic rings. The molecule has 2 heterocycles. The molecule has 0 aliphatic carbocycles. The van der Waals surface area contributed by atoms with Crippen molar-refractivity contribution < 1.29 is 4.79 Å². The maximum absolute atomic E-state index is 11.0. The van der Waals surface area contributed by atoms with Crippen molar-refractivity contribution in [1.82, 2.24) is 4.90 Å². The fraction of sp³-hybridized carbons (Fsp3) is 0.900. The van der Waals surface area contributed by atoms with Crippen LogP contribution in [0.25, 0.3) is 0 Å². The number of nitrogens with zero attached hydrogens (tertiary/aromatic N) is 1. The van der Waals surface area contributed by atoms with Gasteiger partial charge >= 0.3 is 0 Å². The number of carbonyl (C=O) groups is 1. The van der Waals surface area contributed by atoms with Crippen LogP contribution in [0, 0.1) is 0 Å². The third kappa shape index (κ3) is 1.40. The van der Waals surface area contributed by atoms with Gasteiger partial charge in [-0.25, -0.2) is 0 Å². The summed E-state index contributed by atoms with van der Waals surface area (Å²) in [6, 6.07) is 1.49. The number of fused-ring (bicyclic) bond motifs is 2. The molecule has 2 fully saturated rings. The fourth-order valence-electron chi connectivity index (χ4n) is 2.74. The minimum absolute atomic E-state index is 0.328. The molecule has 2 rings (SSSR count). The number of carbonyl (C=O) groups excluding carboxylic acids is 1. The van der Waals surface area contributed by atoms with Gasteiger partial charge in [0.2, 0.25) is 0 Å². The van der Waals surface area contributed by atoms with E-state index in [0.717, 1.165) is 12.1 Å². The molecule has 0 aromatic heterocycles. The van der Waals surface area contributed by atoms with Gasteiger partial charge in [-0.05, 0) is 32.6 Å². The zero-order valence-electron chi connectivity index (χ0n) is 7.75. The first-order chi connectivity index (χ1) is 5.77. The Balaban J connectivity index is 2.00. The highest BCUT2D eigenvalue weighted by Crippen LogP contribution is 2.34. The standard InChI is InChI=1S/C10H17NO/c1-8(12)7-11-9-3-2-4-10(11)6-5-9/h9-10H,2-7H2,1H3. The van der Waals surface area contributed by atoms with Crippen LogP contribution in [0.15, 0.2) is 0 Å². The van der Waals surface area contributed by atoms with Gasteiger partial charge in [0.15, 0.2) is 0 Å². The predicted octanol–water partition coefficient (Wildman–Crippen LogP) is 1.59. The Morgan fingerprint density at radius 1 is 1.25 bits per heavy atom. The van der Waals surface area contributed by atoms with E-state index >= 15 is 0 Å². The minimum Gasteiger partial charge on any atom is -0.299 e. The SMILES string of the molecule is CC(=O)CN1C2CCCC1CC2. The summed E-state index contributed by atoms with van der Waals surface area (Å²) in [4.78, 5) is 13.4. The lowest BCUT2D eigenvalue weighted by atomic mass is 10.0. The molecule has 68 valence electrons. The van der Waals surface area contributed by atoms with Gasteiger partial charge in [-0.15, -0.1) is 0 Å². The Labute approximate surface area is 73.9 Å². The van der Waals surface area contributed by atoms with Crippen molar-refractivity contribution >= 4 is 5.78 Å². The molecule has 0 radical (unpaired) electrons. The molecular formula is C10H17NO. The van der Waals surface area contributed by atoms with Gasteiger partial charge in [-0.2, -0.15) is 0 Å².